The normalized spacial score (nSPS) is 16.5. The zero-order valence-electron chi connectivity index (χ0n) is 14.9. The van der Waals surface area contributed by atoms with Crippen molar-refractivity contribution in [3.05, 3.63) is 65.7 Å². The van der Waals surface area contributed by atoms with Crippen molar-refractivity contribution < 1.29 is 13.9 Å². The Labute approximate surface area is 156 Å². The molecule has 0 spiro atoms. The molecule has 138 valence electrons. The molecule has 0 bridgehead atoms. The first-order valence-corrected chi connectivity index (χ1v) is 8.79. The lowest BCUT2D eigenvalue weighted by Crippen LogP contribution is -2.31. The van der Waals surface area contributed by atoms with E-state index in [0.717, 1.165) is 17.7 Å². The number of rotatable bonds is 4. The van der Waals surface area contributed by atoms with Gasteiger partial charge < -0.3 is 9.64 Å². The monoisotopic (exact) mass is 366 g/mol. The minimum atomic E-state index is -0.309. The fraction of sp³-hybridized carbons (Fsp3) is 0.250. The molecule has 1 aliphatic heterocycles. The fourth-order valence-electron chi connectivity index (χ4n) is 3.13. The summed E-state index contributed by atoms with van der Waals surface area (Å²) in [6.07, 6.45) is 0.670. The number of carbonyl (C=O) groups is 1. The summed E-state index contributed by atoms with van der Waals surface area (Å²) in [6.45, 7) is 3.02. The Morgan fingerprint density at radius 2 is 2.07 bits per heavy atom. The van der Waals surface area contributed by atoms with Gasteiger partial charge in [0.25, 0.3) is 5.91 Å². The second-order valence-electron chi connectivity index (χ2n) is 6.57. The third-order valence-electron chi connectivity index (χ3n) is 4.53. The molecule has 1 N–H and O–H groups in total. The van der Waals surface area contributed by atoms with Crippen LogP contribution in [0.4, 0.5) is 4.39 Å². The first-order chi connectivity index (χ1) is 13.1. The Kier molecular flexibility index (Phi) is 4.58. The molecular formula is C20H19FN4O2. The van der Waals surface area contributed by atoms with E-state index in [1.807, 2.05) is 25.1 Å². The number of pyridine rings is 1. The maximum Gasteiger partial charge on any atom is 0.272 e. The molecule has 0 saturated carbocycles. The summed E-state index contributed by atoms with van der Waals surface area (Å²) in [5.74, 6) is 0.144. The van der Waals surface area contributed by atoms with Crippen molar-refractivity contribution in [2.24, 2.45) is 0 Å². The van der Waals surface area contributed by atoms with Crippen LogP contribution in [0.2, 0.25) is 0 Å². The molecule has 27 heavy (non-hydrogen) atoms. The van der Waals surface area contributed by atoms with Crippen LogP contribution in [0.5, 0.6) is 5.88 Å². The Morgan fingerprint density at radius 1 is 1.26 bits per heavy atom. The average Bonchev–Trinajstić information content (AvgIpc) is 3.32. The largest absolute Gasteiger partial charge is 0.472 e. The van der Waals surface area contributed by atoms with E-state index >= 15 is 0 Å². The summed E-state index contributed by atoms with van der Waals surface area (Å²) >= 11 is 0. The van der Waals surface area contributed by atoms with Crippen LogP contribution in [0.25, 0.3) is 11.3 Å². The zero-order chi connectivity index (χ0) is 18.8. The van der Waals surface area contributed by atoms with Crippen molar-refractivity contribution in [2.45, 2.75) is 19.4 Å². The number of likely N-dealkylation sites (tertiary alicyclic amines) is 1. The van der Waals surface area contributed by atoms with Gasteiger partial charge in [-0.3, -0.25) is 9.89 Å². The SMILES string of the molecule is Cc1cccc(OC2CCN(C(=O)c3cc(-c4ccc(F)cc4)n[nH]3)C2)n1. The number of carbonyl (C=O) groups excluding carboxylic acids is 1. The van der Waals surface area contributed by atoms with Crippen LogP contribution >= 0.6 is 0 Å². The van der Waals surface area contributed by atoms with Gasteiger partial charge in [0.15, 0.2) is 0 Å². The molecule has 0 aliphatic carbocycles. The van der Waals surface area contributed by atoms with E-state index in [2.05, 4.69) is 15.2 Å². The van der Waals surface area contributed by atoms with Crippen molar-refractivity contribution in [3.63, 3.8) is 0 Å². The molecule has 7 heteroatoms. The smallest absolute Gasteiger partial charge is 0.272 e. The first kappa shape index (κ1) is 17.2. The van der Waals surface area contributed by atoms with Crippen LogP contribution in [0, 0.1) is 12.7 Å². The number of H-pyrrole nitrogens is 1. The van der Waals surface area contributed by atoms with Gasteiger partial charge in [-0.1, -0.05) is 6.07 Å². The maximum atomic E-state index is 13.0. The fourth-order valence-corrected chi connectivity index (χ4v) is 3.13. The predicted molar refractivity (Wildman–Crippen MR) is 97.9 cm³/mol. The van der Waals surface area contributed by atoms with Crippen LogP contribution in [-0.4, -0.2) is 45.2 Å². The molecule has 3 aromatic rings. The molecule has 3 heterocycles. The van der Waals surface area contributed by atoms with E-state index in [1.54, 1.807) is 23.1 Å². The third kappa shape index (κ3) is 3.81. The summed E-state index contributed by atoms with van der Waals surface area (Å²) < 4.78 is 18.9. The van der Waals surface area contributed by atoms with Gasteiger partial charge in [0.05, 0.1) is 12.2 Å². The highest BCUT2D eigenvalue weighted by Crippen LogP contribution is 2.21. The van der Waals surface area contributed by atoms with Gasteiger partial charge in [0.2, 0.25) is 5.88 Å². The van der Waals surface area contributed by atoms with Gasteiger partial charge in [-0.05, 0) is 43.3 Å². The van der Waals surface area contributed by atoms with Crippen molar-refractivity contribution >= 4 is 5.91 Å². The molecule has 0 radical (unpaired) electrons. The second-order valence-corrected chi connectivity index (χ2v) is 6.57. The summed E-state index contributed by atoms with van der Waals surface area (Å²) in [5.41, 5.74) is 2.65. The topological polar surface area (TPSA) is 71.1 Å². The first-order valence-electron chi connectivity index (χ1n) is 8.79. The lowest BCUT2D eigenvalue weighted by atomic mass is 10.1. The van der Waals surface area contributed by atoms with E-state index < -0.39 is 0 Å². The number of nitrogens with zero attached hydrogens (tertiary/aromatic N) is 3. The van der Waals surface area contributed by atoms with Gasteiger partial charge in [-0.15, -0.1) is 0 Å². The highest BCUT2D eigenvalue weighted by atomic mass is 19.1. The number of ether oxygens (including phenoxy) is 1. The highest BCUT2D eigenvalue weighted by molar-refractivity contribution is 5.93. The minimum Gasteiger partial charge on any atom is -0.472 e. The molecule has 1 aromatic carbocycles. The number of nitrogens with one attached hydrogen (secondary N) is 1. The van der Waals surface area contributed by atoms with Crippen molar-refractivity contribution in [2.75, 3.05) is 13.1 Å². The van der Waals surface area contributed by atoms with Gasteiger partial charge in [0.1, 0.15) is 17.6 Å². The third-order valence-corrected chi connectivity index (χ3v) is 4.53. The molecule has 6 nitrogen and oxygen atoms in total. The maximum absolute atomic E-state index is 13.0. The Hall–Kier alpha value is -3.22. The number of benzene rings is 1. The molecule has 4 rings (SSSR count). The molecule has 1 aliphatic rings. The quantitative estimate of drug-likeness (QED) is 0.770. The van der Waals surface area contributed by atoms with Gasteiger partial charge in [-0.25, -0.2) is 9.37 Å². The van der Waals surface area contributed by atoms with Crippen LogP contribution in [0.3, 0.4) is 0 Å². The van der Waals surface area contributed by atoms with Gasteiger partial charge >= 0.3 is 0 Å². The number of halogens is 1. The second kappa shape index (κ2) is 7.19. The number of hydrogen-bond acceptors (Lipinski definition) is 4. The summed E-state index contributed by atoms with van der Waals surface area (Å²) in [7, 11) is 0. The minimum absolute atomic E-state index is 0.0808. The van der Waals surface area contributed by atoms with Gasteiger partial charge in [0, 0.05) is 30.3 Å². The van der Waals surface area contributed by atoms with Crippen molar-refractivity contribution in [1.29, 1.82) is 0 Å². The average molecular weight is 366 g/mol. The molecule has 1 atom stereocenters. The molecule has 1 amide bonds. The standard InChI is InChI=1S/C20H19FN4O2/c1-13-3-2-4-19(22-13)27-16-9-10-25(12-16)20(26)18-11-17(23-24-18)14-5-7-15(21)8-6-14/h2-8,11,16H,9-10,12H2,1H3,(H,23,24). The summed E-state index contributed by atoms with van der Waals surface area (Å²) in [4.78, 5) is 18.8. The van der Waals surface area contributed by atoms with Crippen LogP contribution in [-0.2, 0) is 0 Å². The number of aromatic amines is 1. The Bertz CT molecular complexity index is 955. The number of aryl methyl sites for hydroxylation is 1. The van der Waals surface area contributed by atoms with E-state index in [0.29, 0.717) is 30.4 Å². The number of hydrogen-bond donors (Lipinski definition) is 1. The Balaban J connectivity index is 1.41. The van der Waals surface area contributed by atoms with E-state index in [1.165, 1.54) is 12.1 Å². The molecular weight excluding hydrogens is 347 g/mol. The van der Waals surface area contributed by atoms with E-state index in [9.17, 15) is 9.18 Å². The Morgan fingerprint density at radius 3 is 2.85 bits per heavy atom. The molecule has 2 aromatic heterocycles. The highest BCUT2D eigenvalue weighted by Gasteiger charge is 2.29. The lowest BCUT2D eigenvalue weighted by molar-refractivity contribution is 0.0765. The molecule has 1 fully saturated rings. The zero-order valence-corrected chi connectivity index (χ0v) is 14.9. The predicted octanol–water partition coefficient (Wildman–Crippen LogP) is 3.21. The molecule has 1 unspecified atom stereocenters. The number of amides is 1. The van der Waals surface area contributed by atoms with Gasteiger partial charge in [-0.2, -0.15) is 5.10 Å². The van der Waals surface area contributed by atoms with Crippen LogP contribution in [0.1, 0.15) is 22.6 Å². The van der Waals surface area contributed by atoms with E-state index in [4.69, 9.17) is 4.74 Å². The van der Waals surface area contributed by atoms with Crippen molar-refractivity contribution in [1.82, 2.24) is 20.1 Å². The van der Waals surface area contributed by atoms with Crippen molar-refractivity contribution in [3.8, 4) is 17.1 Å². The van der Waals surface area contributed by atoms with Crippen LogP contribution < -0.4 is 4.74 Å². The van der Waals surface area contributed by atoms with E-state index in [-0.39, 0.29) is 17.8 Å². The molecule has 1 saturated heterocycles. The summed E-state index contributed by atoms with van der Waals surface area (Å²) in [6, 6.07) is 13.3. The number of aromatic nitrogens is 3. The lowest BCUT2D eigenvalue weighted by Gasteiger charge is -2.16. The van der Waals surface area contributed by atoms with Crippen LogP contribution in [0.15, 0.2) is 48.5 Å². The summed E-state index contributed by atoms with van der Waals surface area (Å²) in [5, 5.41) is 6.95.